The number of fused-ring (bicyclic) bond motifs is 1. The Morgan fingerprint density at radius 2 is 1.57 bits per heavy atom. The van der Waals surface area contributed by atoms with Crippen LogP contribution in [-0.2, 0) is 6.54 Å². The molecule has 3 rings (SSSR count). The number of hydrazine groups is 1. The third kappa shape index (κ3) is 3.62. The average molecular weight is 382 g/mol. The van der Waals surface area contributed by atoms with Gasteiger partial charge in [0.1, 0.15) is 5.82 Å². The van der Waals surface area contributed by atoms with Crippen molar-refractivity contribution in [2.75, 3.05) is 14.2 Å². The number of carbonyl (C=O) groups excluding carboxylic acids is 2. The van der Waals surface area contributed by atoms with E-state index in [1.54, 1.807) is 24.3 Å². The number of aryl methyl sites for hydroxylation is 2. The summed E-state index contributed by atoms with van der Waals surface area (Å²) in [6.07, 6.45) is 0. The van der Waals surface area contributed by atoms with Crippen LogP contribution in [0.1, 0.15) is 33.5 Å². The Labute approximate surface area is 162 Å². The van der Waals surface area contributed by atoms with Gasteiger partial charge in [-0.3, -0.25) is 20.4 Å². The minimum atomic E-state index is -0.471. The van der Waals surface area contributed by atoms with Gasteiger partial charge in [-0.2, -0.15) is 0 Å². The van der Waals surface area contributed by atoms with Crippen molar-refractivity contribution in [2.24, 2.45) is 0 Å². The first-order valence-corrected chi connectivity index (χ1v) is 8.78. The zero-order chi connectivity index (χ0) is 20.3. The number of hydrogen-bond donors (Lipinski definition) is 2. The molecule has 0 saturated heterocycles. The number of carbonyl (C=O) groups is 2. The van der Waals surface area contributed by atoms with Crippen molar-refractivity contribution in [3.63, 3.8) is 0 Å². The highest BCUT2D eigenvalue weighted by Gasteiger charge is 2.14. The topological polar surface area (TPSA) is 94.5 Å². The van der Waals surface area contributed by atoms with E-state index in [1.807, 2.05) is 19.9 Å². The zero-order valence-corrected chi connectivity index (χ0v) is 16.2. The molecule has 0 aliphatic rings. The van der Waals surface area contributed by atoms with Gasteiger partial charge in [-0.25, -0.2) is 4.98 Å². The van der Waals surface area contributed by atoms with Gasteiger partial charge in [0.05, 0.1) is 25.3 Å². The predicted molar refractivity (Wildman–Crippen MR) is 105 cm³/mol. The number of amides is 2. The normalized spacial score (nSPS) is 10.6. The van der Waals surface area contributed by atoms with E-state index in [-0.39, 0.29) is 0 Å². The van der Waals surface area contributed by atoms with Crippen molar-refractivity contribution in [1.29, 1.82) is 0 Å². The van der Waals surface area contributed by atoms with E-state index < -0.39 is 11.8 Å². The van der Waals surface area contributed by atoms with Crippen LogP contribution in [0.5, 0.6) is 11.5 Å². The van der Waals surface area contributed by atoms with Gasteiger partial charge in [-0.15, -0.1) is 0 Å². The van der Waals surface area contributed by atoms with E-state index in [2.05, 4.69) is 20.4 Å². The van der Waals surface area contributed by atoms with Crippen LogP contribution in [0.15, 0.2) is 36.4 Å². The molecule has 0 bridgehead atoms. The molecule has 0 radical (unpaired) electrons. The Morgan fingerprint density at radius 3 is 2.18 bits per heavy atom. The summed E-state index contributed by atoms with van der Waals surface area (Å²) >= 11 is 0. The third-order valence-electron chi connectivity index (χ3n) is 4.45. The number of ether oxygens (including phenoxy) is 2. The highest BCUT2D eigenvalue weighted by Crippen LogP contribution is 2.27. The number of hydrogen-bond acceptors (Lipinski definition) is 5. The molecule has 0 atom stereocenters. The first-order valence-electron chi connectivity index (χ1n) is 8.78. The molecule has 2 aromatic carbocycles. The van der Waals surface area contributed by atoms with E-state index in [1.165, 1.54) is 20.3 Å². The monoisotopic (exact) mass is 382 g/mol. The van der Waals surface area contributed by atoms with Gasteiger partial charge in [0.2, 0.25) is 0 Å². The van der Waals surface area contributed by atoms with Gasteiger partial charge in [0.15, 0.2) is 11.5 Å². The molecule has 0 fully saturated rings. The summed E-state index contributed by atoms with van der Waals surface area (Å²) in [5.41, 5.74) is 7.25. The van der Waals surface area contributed by atoms with Gasteiger partial charge in [-0.05, 0) is 50.2 Å². The number of nitrogens with zero attached hydrogens (tertiary/aromatic N) is 2. The third-order valence-corrected chi connectivity index (χ3v) is 4.45. The van der Waals surface area contributed by atoms with E-state index in [9.17, 15) is 9.59 Å². The van der Waals surface area contributed by atoms with Crippen molar-refractivity contribution in [2.45, 2.75) is 20.4 Å². The Hall–Kier alpha value is -3.55. The largest absolute Gasteiger partial charge is 0.493 e. The Balaban J connectivity index is 1.71. The van der Waals surface area contributed by atoms with E-state index >= 15 is 0 Å². The quantitative estimate of drug-likeness (QED) is 0.661. The molecule has 2 amide bonds. The molecule has 2 N–H and O–H groups in total. The van der Waals surface area contributed by atoms with Crippen molar-refractivity contribution in [3.05, 3.63) is 53.3 Å². The molecule has 0 aliphatic heterocycles. The molecule has 28 heavy (non-hydrogen) atoms. The molecule has 1 aromatic heterocycles. The molecule has 3 aromatic rings. The molecule has 0 spiro atoms. The highest BCUT2D eigenvalue weighted by molar-refractivity contribution is 6.00. The summed E-state index contributed by atoms with van der Waals surface area (Å²) in [5, 5.41) is 0. The van der Waals surface area contributed by atoms with Crippen molar-refractivity contribution < 1.29 is 19.1 Å². The second kappa shape index (κ2) is 7.99. The van der Waals surface area contributed by atoms with E-state index in [0.29, 0.717) is 22.6 Å². The fourth-order valence-corrected chi connectivity index (χ4v) is 3.03. The number of rotatable bonds is 5. The van der Waals surface area contributed by atoms with E-state index in [0.717, 1.165) is 23.4 Å². The standard InChI is InChI=1S/C20H22N4O4/c1-5-24-12(2)21-15-10-13(6-8-16(15)24)19(25)22-23-20(26)14-7-9-17(27-3)18(11-14)28-4/h6-11H,5H2,1-4H3,(H,22,25)(H,23,26). The van der Waals surface area contributed by atoms with Crippen LogP contribution in [0, 0.1) is 6.92 Å². The molecule has 8 nitrogen and oxygen atoms in total. The molecule has 1 heterocycles. The summed E-state index contributed by atoms with van der Waals surface area (Å²) in [6.45, 7) is 4.76. The average Bonchev–Trinajstić information content (AvgIpc) is 3.04. The zero-order valence-electron chi connectivity index (χ0n) is 16.2. The predicted octanol–water partition coefficient (Wildman–Crippen LogP) is 2.46. The van der Waals surface area contributed by atoms with Gasteiger partial charge in [-0.1, -0.05) is 0 Å². The SMILES string of the molecule is CCn1c(C)nc2cc(C(=O)NNC(=O)c3ccc(OC)c(OC)c3)ccc21. The minimum absolute atomic E-state index is 0.325. The molecular weight excluding hydrogens is 360 g/mol. The highest BCUT2D eigenvalue weighted by atomic mass is 16.5. The first-order chi connectivity index (χ1) is 13.5. The summed E-state index contributed by atoms with van der Waals surface area (Å²) in [5.74, 6) is 0.921. The summed E-state index contributed by atoms with van der Waals surface area (Å²) in [6, 6.07) is 9.99. The second-order valence-corrected chi connectivity index (χ2v) is 6.08. The van der Waals surface area contributed by atoms with Crippen LogP contribution in [-0.4, -0.2) is 35.6 Å². The van der Waals surface area contributed by atoms with E-state index in [4.69, 9.17) is 9.47 Å². The smallest absolute Gasteiger partial charge is 0.269 e. The maximum absolute atomic E-state index is 12.4. The van der Waals surface area contributed by atoms with Crippen LogP contribution in [0.2, 0.25) is 0 Å². The number of aromatic nitrogens is 2. The second-order valence-electron chi connectivity index (χ2n) is 6.08. The number of benzene rings is 2. The van der Waals surface area contributed by atoms with Crippen LogP contribution < -0.4 is 20.3 Å². The summed E-state index contributed by atoms with van der Waals surface area (Å²) in [7, 11) is 3.00. The molecule has 0 unspecified atom stereocenters. The maximum atomic E-state index is 12.4. The first kappa shape index (κ1) is 19.2. The molecule has 0 aliphatic carbocycles. The lowest BCUT2D eigenvalue weighted by Gasteiger charge is -2.11. The molecule has 8 heteroatoms. The van der Waals surface area contributed by atoms with Crippen molar-refractivity contribution >= 4 is 22.8 Å². The molecule has 146 valence electrons. The van der Waals surface area contributed by atoms with Crippen LogP contribution in [0.25, 0.3) is 11.0 Å². The number of methoxy groups -OCH3 is 2. The summed E-state index contributed by atoms with van der Waals surface area (Å²) < 4.78 is 12.4. The Bertz CT molecular complexity index is 1040. The van der Waals surface area contributed by atoms with Crippen molar-refractivity contribution in [3.8, 4) is 11.5 Å². The van der Waals surface area contributed by atoms with Crippen LogP contribution >= 0.6 is 0 Å². The van der Waals surface area contributed by atoms with Gasteiger partial charge in [0, 0.05) is 17.7 Å². The van der Waals surface area contributed by atoms with Gasteiger partial charge < -0.3 is 14.0 Å². The number of nitrogens with one attached hydrogen (secondary N) is 2. The summed E-state index contributed by atoms with van der Waals surface area (Å²) in [4.78, 5) is 29.2. The number of imidazole rings is 1. The lowest BCUT2D eigenvalue weighted by atomic mass is 10.2. The maximum Gasteiger partial charge on any atom is 0.269 e. The van der Waals surface area contributed by atoms with Crippen molar-refractivity contribution in [1.82, 2.24) is 20.4 Å². The fraction of sp³-hybridized carbons (Fsp3) is 0.250. The van der Waals surface area contributed by atoms with Crippen LogP contribution in [0.4, 0.5) is 0 Å². The van der Waals surface area contributed by atoms with Gasteiger partial charge >= 0.3 is 0 Å². The minimum Gasteiger partial charge on any atom is -0.493 e. The fourth-order valence-electron chi connectivity index (χ4n) is 3.03. The lowest BCUT2D eigenvalue weighted by Crippen LogP contribution is -2.41. The van der Waals surface area contributed by atoms with Gasteiger partial charge in [0.25, 0.3) is 11.8 Å². The Kier molecular flexibility index (Phi) is 5.49. The lowest BCUT2D eigenvalue weighted by molar-refractivity contribution is 0.0846. The molecular formula is C20H22N4O4. The van der Waals surface area contributed by atoms with Crippen LogP contribution in [0.3, 0.4) is 0 Å². The molecule has 0 saturated carbocycles. The Morgan fingerprint density at radius 1 is 0.964 bits per heavy atom.